The van der Waals surface area contributed by atoms with Crippen molar-refractivity contribution in [2.45, 2.75) is 65.0 Å². The zero-order valence-corrected chi connectivity index (χ0v) is 11.6. The van der Waals surface area contributed by atoms with Gasteiger partial charge in [-0.2, -0.15) is 0 Å². The fraction of sp³-hybridized carbons (Fsp3) is 1.00. The van der Waals surface area contributed by atoms with Gasteiger partial charge in [-0.05, 0) is 52.1 Å². The standard InChI is InChI=1S/C14H30N2/c1-5-13-7-9-14(10-8-13)16(4)12(3)11-15-6-2/h12-15H,5-11H2,1-4H3. The number of rotatable bonds is 6. The molecular formula is C14H30N2. The van der Waals surface area contributed by atoms with E-state index in [1.165, 1.54) is 32.1 Å². The topological polar surface area (TPSA) is 15.3 Å². The molecule has 1 aliphatic rings. The van der Waals surface area contributed by atoms with Crippen molar-refractivity contribution in [3.05, 3.63) is 0 Å². The van der Waals surface area contributed by atoms with E-state index < -0.39 is 0 Å². The fourth-order valence-electron chi connectivity index (χ4n) is 2.82. The van der Waals surface area contributed by atoms with E-state index in [2.05, 4.69) is 38.0 Å². The number of hydrogen-bond acceptors (Lipinski definition) is 2. The first-order chi connectivity index (χ1) is 7.69. The van der Waals surface area contributed by atoms with Crippen LogP contribution in [0.25, 0.3) is 0 Å². The second-order valence-electron chi connectivity index (χ2n) is 5.40. The minimum atomic E-state index is 0.670. The van der Waals surface area contributed by atoms with Gasteiger partial charge in [-0.25, -0.2) is 0 Å². The molecule has 1 unspecified atom stereocenters. The molecule has 0 bridgehead atoms. The third-order valence-electron chi connectivity index (χ3n) is 4.35. The lowest BCUT2D eigenvalue weighted by atomic mass is 9.84. The van der Waals surface area contributed by atoms with E-state index in [0.717, 1.165) is 25.0 Å². The van der Waals surface area contributed by atoms with Crippen LogP contribution in [-0.4, -0.2) is 37.1 Å². The van der Waals surface area contributed by atoms with Crippen LogP contribution in [0, 0.1) is 5.92 Å². The number of nitrogens with zero attached hydrogens (tertiary/aromatic N) is 1. The molecule has 0 spiro atoms. The molecule has 1 fully saturated rings. The van der Waals surface area contributed by atoms with Crippen molar-refractivity contribution in [3.63, 3.8) is 0 Å². The second kappa shape index (κ2) is 7.29. The average molecular weight is 226 g/mol. The average Bonchev–Trinajstić information content (AvgIpc) is 2.35. The van der Waals surface area contributed by atoms with E-state index in [0.29, 0.717) is 6.04 Å². The lowest BCUT2D eigenvalue weighted by Crippen LogP contribution is -2.45. The summed E-state index contributed by atoms with van der Waals surface area (Å²) in [6, 6.07) is 1.50. The van der Waals surface area contributed by atoms with Gasteiger partial charge in [0.15, 0.2) is 0 Å². The molecule has 0 aliphatic heterocycles. The van der Waals surface area contributed by atoms with Gasteiger partial charge < -0.3 is 5.32 Å². The maximum absolute atomic E-state index is 3.45. The highest BCUT2D eigenvalue weighted by atomic mass is 15.2. The normalized spacial score (nSPS) is 28.3. The molecule has 0 heterocycles. The third-order valence-corrected chi connectivity index (χ3v) is 4.35. The van der Waals surface area contributed by atoms with Gasteiger partial charge in [-0.15, -0.1) is 0 Å². The lowest BCUT2D eigenvalue weighted by molar-refractivity contribution is 0.125. The summed E-state index contributed by atoms with van der Waals surface area (Å²) >= 11 is 0. The Bertz CT molecular complexity index is 174. The predicted octanol–water partition coefficient (Wildman–Crippen LogP) is 2.89. The van der Waals surface area contributed by atoms with Crippen molar-refractivity contribution in [2.24, 2.45) is 5.92 Å². The quantitative estimate of drug-likeness (QED) is 0.749. The fourth-order valence-corrected chi connectivity index (χ4v) is 2.82. The SMILES string of the molecule is CCNCC(C)N(C)C1CCC(CC)CC1. The molecule has 96 valence electrons. The maximum atomic E-state index is 3.45. The first-order valence-corrected chi connectivity index (χ1v) is 7.11. The Morgan fingerprint density at radius 1 is 1.19 bits per heavy atom. The van der Waals surface area contributed by atoms with E-state index >= 15 is 0 Å². The van der Waals surface area contributed by atoms with E-state index in [9.17, 15) is 0 Å². The van der Waals surface area contributed by atoms with Gasteiger partial charge in [-0.1, -0.05) is 20.3 Å². The molecular weight excluding hydrogens is 196 g/mol. The molecule has 1 N–H and O–H groups in total. The van der Waals surface area contributed by atoms with E-state index in [1.807, 2.05) is 0 Å². The number of likely N-dealkylation sites (N-methyl/N-ethyl adjacent to an activating group) is 2. The van der Waals surface area contributed by atoms with E-state index in [-0.39, 0.29) is 0 Å². The van der Waals surface area contributed by atoms with Crippen molar-refractivity contribution in [1.29, 1.82) is 0 Å². The number of nitrogens with one attached hydrogen (secondary N) is 1. The van der Waals surface area contributed by atoms with Gasteiger partial charge in [0.1, 0.15) is 0 Å². The molecule has 0 aromatic carbocycles. The Hall–Kier alpha value is -0.0800. The summed E-state index contributed by atoms with van der Waals surface area (Å²) in [5.74, 6) is 1.01. The molecule has 0 amide bonds. The molecule has 0 radical (unpaired) electrons. The summed E-state index contributed by atoms with van der Waals surface area (Å²) in [7, 11) is 2.30. The zero-order chi connectivity index (χ0) is 12.0. The summed E-state index contributed by atoms with van der Waals surface area (Å²) < 4.78 is 0. The molecule has 2 nitrogen and oxygen atoms in total. The van der Waals surface area contributed by atoms with Crippen LogP contribution in [0.15, 0.2) is 0 Å². The van der Waals surface area contributed by atoms with Crippen LogP contribution in [0.1, 0.15) is 52.9 Å². The molecule has 1 aliphatic carbocycles. The van der Waals surface area contributed by atoms with Crippen LogP contribution < -0.4 is 5.32 Å². The first-order valence-electron chi connectivity index (χ1n) is 7.11. The highest BCUT2D eigenvalue weighted by molar-refractivity contribution is 4.80. The summed E-state index contributed by atoms with van der Waals surface area (Å²) in [5.41, 5.74) is 0. The van der Waals surface area contributed by atoms with Crippen LogP contribution >= 0.6 is 0 Å². The molecule has 16 heavy (non-hydrogen) atoms. The molecule has 0 aromatic heterocycles. The van der Waals surface area contributed by atoms with Crippen molar-refractivity contribution >= 4 is 0 Å². The Labute approximate surface area is 102 Å². The lowest BCUT2D eigenvalue weighted by Gasteiger charge is -2.38. The van der Waals surface area contributed by atoms with Crippen LogP contribution in [0.4, 0.5) is 0 Å². The van der Waals surface area contributed by atoms with Gasteiger partial charge in [0.2, 0.25) is 0 Å². The second-order valence-corrected chi connectivity index (χ2v) is 5.40. The smallest absolute Gasteiger partial charge is 0.0192 e. The van der Waals surface area contributed by atoms with Gasteiger partial charge >= 0.3 is 0 Å². The Morgan fingerprint density at radius 2 is 1.81 bits per heavy atom. The van der Waals surface area contributed by atoms with Gasteiger partial charge in [-0.3, -0.25) is 4.90 Å². The monoisotopic (exact) mass is 226 g/mol. The van der Waals surface area contributed by atoms with E-state index in [4.69, 9.17) is 0 Å². The minimum absolute atomic E-state index is 0.670. The molecule has 0 saturated heterocycles. The van der Waals surface area contributed by atoms with Crippen LogP contribution in [0.5, 0.6) is 0 Å². The highest BCUT2D eigenvalue weighted by Crippen LogP contribution is 2.29. The number of hydrogen-bond donors (Lipinski definition) is 1. The van der Waals surface area contributed by atoms with Gasteiger partial charge in [0.25, 0.3) is 0 Å². The minimum Gasteiger partial charge on any atom is -0.315 e. The van der Waals surface area contributed by atoms with E-state index in [1.54, 1.807) is 0 Å². The highest BCUT2D eigenvalue weighted by Gasteiger charge is 2.25. The molecule has 1 saturated carbocycles. The van der Waals surface area contributed by atoms with Crippen molar-refractivity contribution in [2.75, 3.05) is 20.1 Å². The van der Waals surface area contributed by atoms with Crippen molar-refractivity contribution < 1.29 is 0 Å². The predicted molar refractivity (Wildman–Crippen MR) is 71.8 cm³/mol. The van der Waals surface area contributed by atoms with Crippen LogP contribution in [0.2, 0.25) is 0 Å². The molecule has 1 rings (SSSR count). The Morgan fingerprint density at radius 3 is 2.31 bits per heavy atom. The summed E-state index contributed by atoms with van der Waals surface area (Å²) in [6.45, 7) is 9.07. The first kappa shape index (κ1) is 14.0. The van der Waals surface area contributed by atoms with Crippen LogP contribution in [-0.2, 0) is 0 Å². The molecule has 1 atom stereocenters. The third kappa shape index (κ3) is 4.06. The Kier molecular flexibility index (Phi) is 6.37. The summed E-state index contributed by atoms with van der Waals surface area (Å²) in [6.07, 6.45) is 7.08. The van der Waals surface area contributed by atoms with Gasteiger partial charge in [0, 0.05) is 18.6 Å². The largest absolute Gasteiger partial charge is 0.315 e. The van der Waals surface area contributed by atoms with Crippen LogP contribution in [0.3, 0.4) is 0 Å². The summed E-state index contributed by atoms with van der Waals surface area (Å²) in [5, 5.41) is 3.45. The molecule has 0 aromatic rings. The van der Waals surface area contributed by atoms with Crippen molar-refractivity contribution in [3.8, 4) is 0 Å². The maximum Gasteiger partial charge on any atom is 0.0192 e. The Balaban J connectivity index is 2.29. The van der Waals surface area contributed by atoms with Gasteiger partial charge in [0.05, 0.1) is 0 Å². The van der Waals surface area contributed by atoms with Crippen molar-refractivity contribution in [1.82, 2.24) is 10.2 Å². The molecule has 2 heteroatoms. The zero-order valence-electron chi connectivity index (χ0n) is 11.6. The summed E-state index contributed by atoms with van der Waals surface area (Å²) in [4.78, 5) is 2.59.